The Morgan fingerprint density at radius 1 is 1.11 bits per heavy atom. The van der Waals surface area contributed by atoms with Gasteiger partial charge in [-0.05, 0) is 31.0 Å². The van der Waals surface area contributed by atoms with Crippen LogP contribution in [0.2, 0.25) is 0 Å². The fourth-order valence-electron chi connectivity index (χ4n) is 4.49. The molecule has 0 atom stereocenters. The molecule has 0 spiro atoms. The molecule has 3 heterocycles. The molecule has 0 amide bonds. The van der Waals surface area contributed by atoms with Crippen molar-refractivity contribution in [1.82, 2.24) is 19.6 Å². The highest BCUT2D eigenvalue weighted by Gasteiger charge is 2.21. The van der Waals surface area contributed by atoms with Gasteiger partial charge < -0.3 is 9.42 Å². The first kappa shape index (κ1) is 17.4. The number of rotatable bonds is 4. The smallest absolute Gasteiger partial charge is 0.261 e. The van der Waals surface area contributed by atoms with Gasteiger partial charge in [-0.15, -0.1) is 0 Å². The zero-order valence-electron chi connectivity index (χ0n) is 16.0. The van der Waals surface area contributed by atoms with Crippen molar-refractivity contribution in [2.75, 3.05) is 31.1 Å². The fraction of sp³-hybridized carbons (Fsp3) is 0.476. The molecule has 1 saturated carbocycles. The van der Waals surface area contributed by atoms with E-state index in [2.05, 4.69) is 32.1 Å². The van der Waals surface area contributed by atoms with Gasteiger partial charge in [-0.3, -0.25) is 14.3 Å². The van der Waals surface area contributed by atoms with Crippen LogP contribution in [0.4, 0.5) is 5.69 Å². The predicted molar refractivity (Wildman–Crippen MR) is 108 cm³/mol. The highest BCUT2D eigenvalue weighted by molar-refractivity contribution is 5.81. The molecular weight excluding hydrogens is 354 g/mol. The summed E-state index contributed by atoms with van der Waals surface area (Å²) in [4.78, 5) is 22.3. The van der Waals surface area contributed by atoms with E-state index in [-0.39, 0.29) is 5.56 Å². The van der Waals surface area contributed by atoms with Crippen LogP contribution in [0.5, 0.6) is 0 Å². The third-order valence-corrected chi connectivity index (χ3v) is 6.11. The van der Waals surface area contributed by atoms with Crippen LogP contribution in [0.15, 0.2) is 46.3 Å². The van der Waals surface area contributed by atoms with Crippen molar-refractivity contribution >= 4 is 16.6 Å². The second kappa shape index (κ2) is 7.39. The average molecular weight is 379 g/mol. The van der Waals surface area contributed by atoms with Gasteiger partial charge >= 0.3 is 0 Å². The largest absolute Gasteiger partial charge is 0.369 e. The highest BCUT2D eigenvalue weighted by atomic mass is 16.5. The van der Waals surface area contributed by atoms with Crippen LogP contribution in [0, 0.1) is 0 Å². The molecule has 1 aliphatic heterocycles. The Balaban J connectivity index is 1.31. The molecule has 1 aromatic carbocycles. The zero-order chi connectivity index (χ0) is 18.9. The molecule has 0 bridgehead atoms. The maximum absolute atomic E-state index is 12.9. The summed E-state index contributed by atoms with van der Waals surface area (Å²) < 4.78 is 6.76. The lowest BCUT2D eigenvalue weighted by atomic mass is 10.1. The van der Waals surface area contributed by atoms with E-state index in [0.717, 1.165) is 67.7 Å². The summed E-state index contributed by atoms with van der Waals surface area (Å²) in [6.45, 7) is 4.75. The van der Waals surface area contributed by atoms with Crippen LogP contribution in [-0.4, -0.2) is 45.8 Å². The van der Waals surface area contributed by atoms with Crippen LogP contribution in [0.1, 0.15) is 37.3 Å². The third kappa shape index (κ3) is 3.30. The van der Waals surface area contributed by atoms with Gasteiger partial charge in [-0.2, -0.15) is 0 Å². The minimum atomic E-state index is 0.0991. The molecule has 7 nitrogen and oxygen atoms in total. The second-order valence-electron chi connectivity index (χ2n) is 7.89. The molecule has 2 aliphatic rings. The standard InChI is InChI=1S/C21H25N5O2/c27-21-19-6-5-18(11-20(19)22-15-26(21)17-3-1-2-4-17)25-9-7-24(8-10-25)13-16-12-23-28-14-16/h5-6,11-12,14-15,17H,1-4,7-10,13H2. The van der Waals surface area contributed by atoms with Gasteiger partial charge in [0.05, 0.1) is 23.4 Å². The van der Waals surface area contributed by atoms with E-state index in [1.54, 1.807) is 18.8 Å². The van der Waals surface area contributed by atoms with Gasteiger partial charge in [0.15, 0.2) is 0 Å². The van der Waals surface area contributed by atoms with E-state index in [1.165, 1.54) is 12.8 Å². The Kier molecular flexibility index (Phi) is 4.60. The van der Waals surface area contributed by atoms with Crippen molar-refractivity contribution in [3.8, 4) is 0 Å². The number of hydrogen-bond donors (Lipinski definition) is 0. The summed E-state index contributed by atoms with van der Waals surface area (Å²) in [6.07, 6.45) is 9.82. The Bertz CT molecular complexity index is 999. The Labute approximate surface area is 163 Å². The summed E-state index contributed by atoms with van der Waals surface area (Å²) >= 11 is 0. The normalized spacial score (nSPS) is 18.9. The molecule has 7 heteroatoms. The van der Waals surface area contributed by atoms with Crippen molar-refractivity contribution in [3.63, 3.8) is 0 Å². The average Bonchev–Trinajstić information content (AvgIpc) is 3.43. The van der Waals surface area contributed by atoms with Crippen LogP contribution >= 0.6 is 0 Å². The Morgan fingerprint density at radius 3 is 2.68 bits per heavy atom. The molecule has 5 rings (SSSR count). The number of benzene rings is 1. The van der Waals surface area contributed by atoms with Gasteiger partial charge in [0.2, 0.25) is 0 Å². The van der Waals surface area contributed by atoms with Crippen LogP contribution in [0.25, 0.3) is 10.9 Å². The molecule has 0 unspecified atom stereocenters. The summed E-state index contributed by atoms with van der Waals surface area (Å²) in [5.74, 6) is 0. The monoisotopic (exact) mass is 379 g/mol. The molecule has 0 N–H and O–H groups in total. The fourth-order valence-corrected chi connectivity index (χ4v) is 4.49. The first-order chi connectivity index (χ1) is 13.8. The summed E-state index contributed by atoms with van der Waals surface area (Å²) in [5, 5.41) is 4.50. The molecule has 1 aliphatic carbocycles. The Morgan fingerprint density at radius 2 is 1.93 bits per heavy atom. The van der Waals surface area contributed by atoms with E-state index in [0.29, 0.717) is 6.04 Å². The van der Waals surface area contributed by atoms with Gasteiger partial charge in [-0.1, -0.05) is 18.0 Å². The quantitative estimate of drug-likeness (QED) is 0.694. The van der Waals surface area contributed by atoms with E-state index < -0.39 is 0 Å². The van der Waals surface area contributed by atoms with Gasteiger partial charge in [-0.25, -0.2) is 4.98 Å². The minimum absolute atomic E-state index is 0.0991. The number of anilines is 1. The number of nitrogens with zero attached hydrogens (tertiary/aromatic N) is 5. The predicted octanol–water partition coefficient (Wildman–Crippen LogP) is 2.82. The van der Waals surface area contributed by atoms with Crippen LogP contribution in [-0.2, 0) is 6.54 Å². The maximum atomic E-state index is 12.9. The number of aromatic nitrogens is 3. The Hall–Kier alpha value is -2.67. The number of hydrogen-bond acceptors (Lipinski definition) is 6. The van der Waals surface area contributed by atoms with E-state index >= 15 is 0 Å². The zero-order valence-corrected chi connectivity index (χ0v) is 16.0. The van der Waals surface area contributed by atoms with E-state index in [1.807, 2.05) is 10.6 Å². The maximum Gasteiger partial charge on any atom is 0.261 e. The van der Waals surface area contributed by atoms with Gasteiger partial charge in [0.1, 0.15) is 6.26 Å². The highest BCUT2D eigenvalue weighted by Crippen LogP contribution is 2.28. The van der Waals surface area contributed by atoms with Crippen LogP contribution < -0.4 is 10.5 Å². The SMILES string of the molecule is O=c1c2ccc(N3CCN(Cc4cnoc4)CC3)cc2ncn1C1CCCC1. The van der Waals surface area contributed by atoms with Crippen molar-refractivity contribution in [3.05, 3.63) is 52.9 Å². The number of piperazine rings is 1. The van der Waals surface area contributed by atoms with Gasteiger partial charge in [0.25, 0.3) is 5.56 Å². The molecule has 146 valence electrons. The lowest BCUT2D eigenvalue weighted by molar-refractivity contribution is 0.249. The summed E-state index contributed by atoms with van der Waals surface area (Å²) in [6, 6.07) is 6.41. The van der Waals surface area contributed by atoms with E-state index in [4.69, 9.17) is 4.52 Å². The third-order valence-electron chi connectivity index (χ3n) is 6.11. The first-order valence-corrected chi connectivity index (χ1v) is 10.1. The lowest BCUT2D eigenvalue weighted by Crippen LogP contribution is -2.45. The summed E-state index contributed by atoms with van der Waals surface area (Å²) in [7, 11) is 0. The van der Waals surface area contributed by atoms with E-state index in [9.17, 15) is 4.79 Å². The molecule has 2 fully saturated rings. The van der Waals surface area contributed by atoms with Crippen molar-refractivity contribution in [2.45, 2.75) is 38.3 Å². The van der Waals surface area contributed by atoms with Crippen LogP contribution in [0.3, 0.4) is 0 Å². The topological polar surface area (TPSA) is 67.4 Å². The van der Waals surface area contributed by atoms with Gasteiger partial charge in [0, 0.05) is 50.0 Å². The van der Waals surface area contributed by atoms with Crippen molar-refractivity contribution < 1.29 is 4.52 Å². The minimum Gasteiger partial charge on any atom is -0.369 e. The van der Waals surface area contributed by atoms with Crippen molar-refractivity contribution in [2.24, 2.45) is 0 Å². The summed E-state index contributed by atoms with van der Waals surface area (Å²) in [5.41, 5.74) is 3.15. The first-order valence-electron chi connectivity index (χ1n) is 10.1. The molecule has 2 aromatic heterocycles. The number of fused-ring (bicyclic) bond motifs is 1. The second-order valence-corrected chi connectivity index (χ2v) is 7.89. The molecule has 3 aromatic rings. The van der Waals surface area contributed by atoms with Crippen molar-refractivity contribution in [1.29, 1.82) is 0 Å². The lowest BCUT2D eigenvalue weighted by Gasteiger charge is -2.35. The molecule has 0 radical (unpaired) electrons. The molecule has 28 heavy (non-hydrogen) atoms. The molecular formula is C21H25N5O2. The molecule has 1 saturated heterocycles.